The fourth-order valence-electron chi connectivity index (χ4n) is 2.12. The minimum absolute atomic E-state index is 0.0510. The average molecular weight is 352 g/mol. The first-order chi connectivity index (χ1) is 11.7. The van der Waals surface area contributed by atoms with Crippen molar-refractivity contribution in [2.45, 2.75) is 66.6 Å². The number of aromatic nitrogens is 3. The van der Waals surface area contributed by atoms with E-state index in [0.717, 1.165) is 25.3 Å². The van der Waals surface area contributed by atoms with Crippen LogP contribution in [0.3, 0.4) is 0 Å². The maximum Gasteiger partial charge on any atom is 0.327 e. The summed E-state index contributed by atoms with van der Waals surface area (Å²) in [7, 11) is 1.35. The van der Waals surface area contributed by atoms with Gasteiger partial charge < -0.3 is 15.4 Å². The highest BCUT2D eigenvalue weighted by atomic mass is 16.5. The van der Waals surface area contributed by atoms with E-state index in [0.29, 0.717) is 23.7 Å². The van der Waals surface area contributed by atoms with E-state index < -0.39 is 0 Å². The van der Waals surface area contributed by atoms with Crippen molar-refractivity contribution in [2.75, 3.05) is 13.7 Å². The van der Waals surface area contributed by atoms with Crippen molar-refractivity contribution in [1.29, 1.82) is 0 Å². The first-order valence-corrected chi connectivity index (χ1v) is 8.74. The number of hydrogen-bond acceptors (Lipinski definition) is 5. The summed E-state index contributed by atoms with van der Waals surface area (Å²) in [5.74, 6) is 0.397. The number of carbonyl (C=O) groups excluding carboxylic acids is 1. The van der Waals surface area contributed by atoms with E-state index in [4.69, 9.17) is 0 Å². The lowest BCUT2D eigenvalue weighted by Crippen LogP contribution is -2.42. The smallest absolute Gasteiger partial charge is 0.327 e. The Labute approximate surface area is 150 Å². The van der Waals surface area contributed by atoms with Crippen LogP contribution in [0.5, 0.6) is 0 Å². The second-order valence-corrected chi connectivity index (χ2v) is 7.32. The number of aliphatic imine (C=N–C) groups is 1. The van der Waals surface area contributed by atoms with Crippen LogP contribution in [-0.4, -0.2) is 46.6 Å². The minimum Gasteiger partial charge on any atom is -0.468 e. The molecule has 1 unspecified atom stereocenters. The third kappa shape index (κ3) is 9.07. The summed E-state index contributed by atoms with van der Waals surface area (Å²) < 4.78 is 6.06. The van der Waals surface area contributed by atoms with Gasteiger partial charge in [-0.05, 0) is 32.1 Å². The van der Waals surface area contributed by atoms with Gasteiger partial charge >= 0.3 is 5.97 Å². The molecular weight excluding hydrogens is 320 g/mol. The molecule has 0 bridgehead atoms. The standard InChI is InChI=1S/C17H32N6O2/c1-7-18-16(20-13(2)8-9-17(3,4)5)19-10-14-11-23(22-21-14)12-15(24)25-6/h11,13H,7-10,12H2,1-6H3,(H2,18,19,20). The Kier molecular flexibility index (Phi) is 8.37. The number of rotatable bonds is 8. The van der Waals surface area contributed by atoms with E-state index in [2.05, 4.69) is 58.4 Å². The highest BCUT2D eigenvalue weighted by Crippen LogP contribution is 2.21. The van der Waals surface area contributed by atoms with Gasteiger partial charge in [-0.25, -0.2) is 9.67 Å². The van der Waals surface area contributed by atoms with Gasteiger partial charge in [0.15, 0.2) is 5.96 Å². The lowest BCUT2D eigenvalue weighted by atomic mass is 9.89. The van der Waals surface area contributed by atoms with Gasteiger partial charge in [0.05, 0.1) is 19.9 Å². The molecule has 8 nitrogen and oxygen atoms in total. The molecule has 142 valence electrons. The summed E-state index contributed by atoms with van der Waals surface area (Å²) in [6, 6.07) is 0.326. The zero-order valence-electron chi connectivity index (χ0n) is 16.3. The second-order valence-electron chi connectivity index (χ2n) is 7.32. The molecule has 0 aliphatic carbocycles. The molecule has 0 radical (unpaired) electrons. The molecule has 0 amide bonds. The van der Waals surface area contributed by atoms with Crippen LogP contribution in [0.2, 0.25) is 0 Å². The number of ether oxygens (including phenoxy) is 1. The average Bonchev–Trinajstić information content (AvgIpc) is 2.97. The maximum absolute atomic E-state index is 11.2. The summed E-state index contributed by atoms with van der Waals surface area (Å²) in [6.45, 7) is 12.2. The summed E-state index contributed by atoms with van der Waals surface area (Å²) >= 11 is 0. The van der Waals surface area contributed by atoms with Crippen molar-refractivity contribution < 1.29 is 9.53 Å². The lowest BCUT2D eigenvalue weighted by Gasteiger charge is -2.23. The normalized spacial score (nSPS) is 13.4. The molecule has 1 aromatic rings. The van der Waals surface area contributed by atoms with Gasteiger partial charge in [-0.3, -0.25) is 4.79 Å². The van der Waals surface area contributed by atoms with Crippen molar-refractivity contribution in [1.82, 2.24) is 25.6 Å². The van der Waals surface area contributed by atoms with Gasteiger partial charge in [-0.1, -0.05) is 26.0 Å². The predicted octanol–water partition coefficient (Wildman–Crippen LogP) is 1.72. The van der Waals surface area contributed by atoms with Gasteiger partial charge in [0, 0.05) is 12.6 Å². The molecule has 0 aromatic carbocycles. The molecule has 8 heteroatoms. The molecule has 0 aliphatic rings. The van der Waals surface area contributed by atoms with Crippen molar-refractivity contribution >= 4 is 11.9 Å². The predicted molar refractivity (Wildman–Crippen MR) is 98.1 cm³/mol. The highest BCUT2D eigenvalue weighted by Gasteiger charge is 2.13. The highest BCUT2D eigenvalue weighted by molar-refractivity contribution is 5.80. The van der Waals surface area contributed by atoms with Crippen LogP contribution in [0.4, 0.5) is 0 Å². The van der Waals surface area contributed by atoms with Crippen molar-refractivity contribution in [2.24, 2.45) is 10.4 Å². The summed E-state index contributed by atoms with van der Waals surface area (Å²) in [6.07, 6.45) is 3.92. The molecule has 2 N–H and O–H groups in total. The minimum atomic E-state index is -0.359. The number of methoxy groups -OCH3 is 1. The Morgan fingerprint density at radius 2 is 2.16 bits per heavy atom. The van der Waals surface area contributed by atoms with Crippen LogP contribution in [0.15, 0.2) is 11.2 Å². The topological polar surface area (TPSA) is 93.4 Å². The molecule has 1 rings (SSSR count). The zero-order chi connectivity index (χ0) is 18.9. The summed E-state index contributed by atoms with van der Waals surface area (Å²) in [5.41, 5.74) is 1.02. The first-order valence-electron chi connectivity index (χ1n) is 8.74. The van der Waals surface area contributed by atoms with Crippen LogP contribution in [0, 0.1) is 5.41 Å². The largest absolute Gasteiger partial charge is 0.468 e. The van der Waals surface area contributed by atoms with Gasteiger partial charge in [0.2, 0.25) is 0 Å². The number of carbonyl (C=O) groups is 1. The number of esters is 1. The molecular formula is C17H32N6O2. The fourth-order valence-corrected chi connectivity index (χ4v) is 2.12. The third-order valence-electron chi connectivity index (χ3n) is 3.56. The molecule has 25 heavy (non-hydrogen) atoms. The summed E-state index contributed by atoms with van der Waals surface area (Å²) in [4.78, 5) is 15.8. The van der Waals surface area contributed by atoms with E-state index in [-0.39, 0.29) is 12.5 Å². The van der Waals surface area contributed by atoms with Gasteiger partial charge in [0.1, 0.15) is 12.2 Å². The van der Waals surface area contributed by atoms with Crippen molar-refractivity contribution in [3.05, 3.63) is 11.9 Å². The van der Waals surface area contributed by atoms with Gasteiger partial charge in [0.25, 0.3) is 0 Å². The number of nitrogens with one attached hydrogen (secondary N) is 2. The van der Waals surface area contributed by atoms with Crippen molar-refractivity contribution in [3.8, 4) is 0 Å². The zero-order valence-corrected chi connectivity index (χ0v) is 16.3. The van der Waals surface area contributed by atoms with Crippen LogP contribution in [0.1, 0.15) is 53.2 Å². The molecule has 1 aromatic heterocycles. The Bertz CT molecular complexity index is 562. The Hall–Kier alpha value is -2.12. The number of hydrogen-bond donors (Lipinski definition) is 2. The van der Waals surface area contributed by atoms with E-state index >= 15 is 0 Å². The van der Waals surface area contributed by atoms with E-state index in [1.165, 1.54) is 11.8 Å². The molecule has 0 aliphatic heterocycles. The number of nitrogens with zero attached hydrogens (tertiary/aromatic N) is 4. The Balaban J connectivity index is 2.58. The molecule has 0 fully saturated rings. The summed E-state index contributed by atoms with van der Waals surface area (Å²) in [5, 5.41) is 14.6. The SMILES string of the molecule is CCNC(=NCc1cn(CC(=O)OC)nn1)NC(C)CCC(C)(C)C. The van der Waals surface area contributed by atoms with E-state index in [1.54, 1.807) is 6.20 Å². The Morgan fingerprint density at radius 3 is 2.76 bits per heavy atom. The van der Waals surface area contributed by atoms with Crippen LogP contribution >= 0.6 is 0 Å². The van der Waals surface area contributed by atoms with Crippen LogP contribution in [-0.2, 0) is 22.6 Å². The van der Waals surface area contributed by atoms with Gasteiger partial charge in [-0.15, -0.1) is 5.10 Å². The monoisotopic (exact) mass is 352 g/mol. The quantitative estimate of drug-likeness (QED) is 0.420. The molecule has 0 saturated carbocycles. The lowest BCUT2D eigenvalue weighted by molar-refractivity contribution is -0.141. The third-order valence-corrected chi connectivity index (χ3v) is 3.56. The maximum atomic E-state index is 11.2. The molecule has 0 spiro atoms. The van der Waals surface area contributed by atoms with Crippen LogP contribution < -0.4 is 10.6 Å². The fraction of sp³-hybridized carbons (Fsp3) is 0.765. The van der Waals surface area contributed by atoms with Gasteiger partial charge in [-0.2, -0.15) is 0 Å². The van der Waals surface area contributed by atoms with Crippen molar-refractivity contribution in [3.63, 3.8) is 0 Å². The molecule has 1 heterocycles. The number of guanidine groups is 1. The molecule has 1 atom stereocenters. The van der Waals surface area contributed by atoms with Crippen LogP contribution in [0.25, 0.3) is 0 Å². The Morgan fingerprint density at radius 1 is 1.44 bits per heavy atom. The molecule has 0 saturated heterocycles. The first kappa shape index (κ1) is 20.9. The second kappa shape index (κ2) is 10.0. The van der Waals surface area contributed by atoms with E-state index in [9.17, 15) is 4.79 Å². The van der Waals surface area contributed by atoms with E-state index in [1.807, 2.05) is 6.92 Å².